The minimum atomic E-state index is -4.88. The molecule has 0 saturated carbocycles. The van der Waals surface area contributed by atoms with E-state index in [0.29, 0.717) is 6.92 Å². The molecular weight excluding hydrogens is 293 g/mol. The summed E-state index contributed by atoms with van der Waals surface area (Å²) in [7, 11) is -3.82. The Morgan fingerprint density at radius 3 is 2.30 bits per heavy atom. The van der Waals surface area contributed by atoms with Crippen LogP contribution >= 0.6 is 7.60 Å². The first kappa shape index (κ1) is 16.6. The third-order valence-corrected chi connectivity index (χ3v) is 4.29. The maximum absolute atomic E-state index is 13.5. The molecule has 5 nitrogen and oxygen atoms in total. The van der Waals surface area contributed by atoms with Crippen molar-refractivity contribution in [3.8, 4) is 5.75 Å². The quantitative estimate of drug-likeness (QED) is 0.595. The number of carbonyl (C=O) groups excluding carboxylic acids is 1. The average molecular weight is 308 g/mol. The van der Waals surface area contributed by atoms with Gasteiger partial charge in [-0.3, -0.25) is 4.52 Å². The molecule has 0 saturated heterocycles. The molecule has 2 unspecified atom stereocenters. The Kier molecular flexibility index (Phi) is 5.25. The van der Waals surface area contributed by atoms with Gasteiger partial charge >= 0.3 is 19.2 Å². The minimum Gasteiger partial charge on any atom is -0.467 e. The Hall–Kier alpha value is -1.46. The number of benzene rings is 1. The highest BCUT2D eigenvalue weighted by Gasteiger charge is 2.52. The van der Waals surface area contributed by atoms with Crippen LogP contribution in [0.2, 0.25) is 0 Å². The van der Waals surface area contributed by atoms with E-state index in [2.05, 4.69) is 9.26 Å². The van der Waals surface area contributed by atoms with E-state index < -0.39 is 25.3 Å². The standard InChI is InChI=1S/C12H15F2O5P/c1-9(11(15)17-3)18-20(16,12(2,13)14)19-10-7-5-4-6-8-10/h4-9H,1-3H3. The van der Waals surface area contributed by atoms with Gasteiger partial charge in [0, 0.05) is 6.92 Å². The normalized spacial score (nSPS) is 16.1. The molecule has 8 heteroatoms. The molecule has 0 aromatic heterocycles. The third kappa shape index (κ3) is 4.02. The molecule has 20 heavy (non-hydrogen) atoms. The molecule has 0 radical (unpaired) electrons. The van der Waals surface area contributed by atoms with Gasteiger partial charge in [0.25, 0.3) is 0 Å². The first-order chi connectivity index (χ1) is 9.19. The lowest BCUT2D eigenvalue weighted by Gasteiger charge is -2.25. The fourth-order valence-electron chi connectivity index (χ4n) is 1.23. The maximum Gasteiger partial charge on any atom is 0.448 e. The summed E-state index contributed by atoms with van der Waals surface area (Å²) in [6.07, 6.45) is -1.44. The Morgan fingerprint density at radius 2 is 1.85 bits per heavy atom. The zero-order valence-corrected chi connectivity index (χ0v) is 12.1. The van der Waals surface area contributed by atoms with E-state index in [0.717, 1.165) is 14.0 Å². The Balaban J connectivity index is 2.99. The second-order valence-corrected chi connectivity index (χ2v) is 6.19. The van der Waals surface area contributed by atoms with Crippen LogP contribution in [0.4, 0.5) is 8.78 Å². The molecule has 0 aliphatic heterocycles. The second-order valence-electron chi connectivity index (χ2n) is 4.01. The minimum absolute atomic E-state index is 0.0468. The lowest BCUT2D eigenvalue weighted by molar-refractivity contribution is -0.148. The lowest BCUT2D eigenvalue weighted by Crippen LogP contribution is -2.27. The number of rotatable bonds is 6. The molecule has 0 bridgehead atoms. The fraction of sp³-hybridized carbons (Fsp3) is 0.417. The van der Waals surface area contributed by atoms with Crippen molar-refractivity contribution in [2.45, 2.75) is 25.6 Å². The van der Waals surface area contributed by atoms with E-state index in [-0.39, 0.29) is 5.75 Å². The van der Waals surface area contributed by atoms with Crippen LogP contribution in [-0.4, -0.2) is 24.8 Å². The molecule has 0 N–H and O–H groups in total. The van der Waals surface area contributed by atoms with Crippen molar-refractivity contribution in [2.75, 3.05) is 7.11 Å². The van der Waals surface area contributed by atoms with Crippen molar-refractivity contribution >= 4 is 13.6 Å². The number of halogens is 2. The van der Waals surface area contributed by atoms with Crippen LogP contribution in [0, 0.1) is 0 Å². The summed E-state index contributed by atoms with van der Waals surface area (Å²) in [5.74, 6) is -0.972. The van der Waals surface area contributed by atoms with Gasteiger partial charge in [-0.1, -0.05) is 18.2 Å². The van der Waals surface area contributed by atoms with Crippen molar-refractivity contribution in [1.82, 2.24) is 0 Å². The summed E-state index contributed by atoms with van der Waals surface area (Å²) in [6, 6.07) is 7.39. The summed E-state index contributed by atoms with van der Waals surface area (Å²) in [5.41, 5.74) is -3.77. The van der Waals surface area contributed by atoms with Crippen LogP contribution in [0.25, 0.3) is 0 Å². The zero-order valence-electron chi connectivity index (χ0n) is 11.2. The number of ether oxygens (including phenoxy) is 1. The number of hydrogen-bond donors (Lipinski definition) is 0. The molecular formula is C12H15F2O5P. The van der Waals surface area contributed by atoms with E-state index >= 15 is 0 Å². The highest BCUT2D eigenvalue weighted by molar-refractivity contribution is 7.55. The van der Waals surface area contributed by atoms with Gasteiger partial charge in [0.2, 0.25) is 0 Å². The Labute approximate surface area is 115 Å². The number of alkyl halides is 2. The number of hydrogen-bond acceptors (Lipinski definition) is 5. The number of methoxy groups -OCH3 is 1. The first-order valence-corrected chi connectivity index (χ1v) is 7.22. The Bertz CT molecular complexity index is 500. The van der Waals surface area contributed by atoms with Gasteiger partial charge in [-0.15, -0.1) is 0 Å². The smallest absolute Gasteiger partial charge is 0.448 e. The molecule has 0 heterocycles. The van der Waals surface area contributed by atoms with Crippen LogP contribution in [0.1, 0.15) is 13.8 Å². The van der Waals surface area contributed by atoms with Crippen LogP contribution in [0.15, 0.2) is 30.3 Å². The van der Waals surface area contributed by atoms with E-state index in [1.165, 1.54) is 24.3 Å². The topological polar surface area (TPSA) is 61.8 Å². The van der Waals surface area contributed by atoms with Gasteiger partial charge in [0.15, 0.2) is 6.10 Å². The van der Waals surface area contributed by atoms with Gasteiger partial charge in [-0.05, 0) is 19.1 Å². The highest BCUT2D eigenvalue weighted by atomic mass is 31.2. The second kappa shape index (κ2) is 6.33. The maximum atomic E-state index is 13.5. The molecule has 0 amide bonds. The molecule has 2 atom stereocenters. The van der Waals surface area contributed by atoms with Gasteiger partial charge in [0.1, 0.15) is 5.75 Å². The van der Waals surface area contributed by atoms with Gasteiger partial charge in [-0.2, -0.15) is 8.78 Å². The van der Waals surface area contributed by atoms with E-state index in [9.17, 15) is 18.1 Å². The SMILES string of the molecule is COC(=O)C(C)OP(=O)(Oc1ccccc1)C(C)(F)F. The summed E-state index contributed by atoms with van der Waals surface area (Å²) in [5, 5.41) is 0. The largest absolute Gasteiger partial charge is 0.467 e. The fourth-order valence-corrected chi connectivity index (χ4v) is 2.52. The first-order valence-electron chi connectivity index (χ1n) is 5.68. The van der Waals surface area contributed by atoms with Crippen molar-refractivity contribution in [3.05, 3.63) is 30.3 Å². The van der Waals surface area contributed by atoms with E-state index in [4.69, 9.17) is 4.52 Å². The Morgan fingerprint density at radius 1 is 1.30 bits per heavy atom. The monoisotopic (exact) mass is 308 g/mol. The third-order valence-electron chi connectivity index (χ3n) is 2.28. The van der Waals surface area contributed by atoms with Gasteiger partial charge in [-0.25, -0.2) is 9.36 Å². The summed E-state index contributed by atoms with van der Waals surface area (Å²) in [4.78, 5) is 11.2. The average Bonchev–Trinajstić information content (AvgIpc) is 2.37. The molecule has 0 spiro atoms. The van der Waals surface area contributed by atoms with Gasteiger partial charge < -0.3 is 9.26 Å². The van der Waals surface area contributed by atoms with Crippen molar-refractivity contribution in [3.63, 3.8) is 0 Å². The van der Waals surface area contributed by atoms with Crippen molar-refractivity contribution in [1.29, 1.82) is 0 Å². The van der Waals surface area contributed by atoms with Crippen molar-refractivity contribution < 1.29 is 31.9 Å². The molecule has 1 aromatic rings. The predicted octanol–water partition coefficient (Wildman–Crippen LogP) is 3.45. The van der Waals surface area contributed by atoms with Gasteiger partial charge in [0.05, 0.1) is 7.11 Å². The molecule has 112 valence electrons. The summed E-state index contributed by atoms with van der Waals surface area (Å²) in [6.45, 7) is 1.55. The van der Waals surface area contributed by atoms with Crippen LogP contribution in [-0.2, 0) is 18.6 Å². The molecule has 0 fully saturated rings. The van der Waals surface area contributed by atoms with E-state index in [1.807, 2.05) is 0 Å². The van der Waals surface area contributed by atoms with Crippen LogP contribution in [0.3, 0.4) is 0 Å². The number of para-hydroxylation sites is 1. The summed E-state index contributed by atoms with van der Waals surface area (Å²) >= 11 is 0. The predicted molar refractivity (Wildman–Crippen MR) is 67.9 cm³/mol. The molecule has 0 aliphatic carbocycles. The van der Waals surface area contributed by atoms with E-state index in [1.54, 1.807) is 6.07 Å². The lowest BCUT2D eigenvalue weighted by atomic mass is 10.3. The zero-order chi connectivity index (χ0) is 15.4. The van der Waals surface area contributed by atoms with Crippen molar-refractivity contribution in [2.24, 2.45) is 0 Å². The molecule has 1 aromatic carbocycles. The number of esters is 1. The van der Waals surface area contributed by atoms with Crippen LogP contribution in [0.5, 0.6) is 5.75 Å². The molecule has 0 aliphatic rings. The number of carbonyl (C=O) groups is 1. The highest BCUT2D eigenvalue weighted by Crippen LogP contribution is 2.61. The summed E-state index contributed by atoms with van der Waals surface area (Å²) < 4.78 is 53.1. The van der Waals surface area contributed by atoms with Crippen LogP contribution < -0.4 is 4.52 Å². The molecule has 1 rings (SSSR count).